The summed E-state index contributed by atoms with van der Waals surface area (Å²) in [4.78, 5) is 53.7. The summed E-state index contributed by atoms with van der Waals surface area (Å²) in [6.45, 7) is 10.6. The average Bonchev–Trinajstić information content (AvgIpc) is 4.27. The Hall–Kier alpha value is -7.75. The number of sulfone groups is 1. The summed E-state index contributed by atoms with van der Waals surface area (Å²) in [6.07, 6.45) is 7.13. The van der Waals surface area contributed by atoms with E-state index in [4.69, 9.17) is 35.5 Å². The standard InChI is InChI=1S/C23H27N9O3.C16H24N2O2.C9H8N6O3S/c24-21-28-22(29-23-27-19(30-32(21)23)18-2-1-13-35-18)26-8-7-16-3-5-17(6-4-16)20(33)25-9-10-31-11-14-34-15-12-31;17-8-7-14-3-5-15(6-4-14)16(19)2-1-9-18-10-12-20-13-11-18;1-19(16,17)9-12-7(10)15-8(13-9)11-6(14-15)5-3-2-4-18-5/h1-6,13H,7-12,14-15H2,(H,25,33)(H3,24,26,27,28,29,30);3-6H,1-2,7-13,17H2;2-4H,1H3,(H2,10,11,12,13,14). The Labute approximate surface area is 425 Å². The number of nitrogen functional groups attached to an aromatic ring is 2. The molecule has 0 saturated carbocycles. The Morgan fingerprint density at radius 1 is 0.649 bits per heavy atom. The Balaban J connectivity index is 0.000000159. The molecule has 6 aromatic heterocycles. The number of fused-ring (bicyclic) bond motifs is 2. The predicted molar refractivity (Wildman–Crippen MR) is 273 cm³/mol. The molecule has 0 spiro atoms. The van der Waals surface area contributed by atoms with Crippen LogP contribution in [0.5, 0.6) is 0 Å². The Morgan fingerprint density at radius 3 is 1.74 bits per heavy atom. The molecule has 0 atom stereocenters. The lowest BCUT2D eigenvalue weighted by Crippen LogP contribution is -2.41. The van der Waals surface area contributed by atoms with Crippen LogP contribution in [0, 0.1) is 0 Å². The van der Waals surface area contributed by atoms with Gasteiger partial charge in [0, 0.05) is 69.6 Å². The van der Waals surface area contributed by atoms with Crippen LogP contribution in [0.15, 0.2) is 99.3 Å². The summed E-state index contributed by atoms with van der Waals surface area (Å²) in [6, 6.07) is 22.3. The van der Waals surface area contributed by atoms with Gasteiger partial charge in [-0.15, -0.1) is 10.2 Å². The van der Waals surface area contributed by atoms with Crippen molar-refractivity contribution < 1.29 is 36.3 Å². The number of nitrogens with two attached hydrogens (primary N) is 3. The number of Topliss-reactive ketones (excluding diaryl/α,β-unsaturated/α-hetero) is 1. The van der Waals surface area contributed by atoms with Crippen LogP contribution in [-0.4, -0.2) is 171 Å². The van der Waals surface area contributed by atoms with E-state index < -0.39 is 15.0 Å². The summed E-state index contributed by atoms with van der Waals surface area (Å²) < 4.78 is 46.4. The molecule has 390 valence electrons. The highest BCUT2D eigenvalue weighted by atomic mass is 32.2. The van der Waals surface area contributed by atoms with Crippen molar-refractivity contribution in [1.82, 2.24) is 64.2 Å². The Kier molecular flexibility index (Phi) is 17.9. The fourth-order valence-corrected chi connectivity index (χ4v) is 8.22. The van der Waals surface area contributed by atoms with Crippen molar-refractivity contribution in [3.05, 3.63) is 108 Å². The van der Waals surface area contributed by atoms with Gasteiger partial charge in [-0.25, -0.2) is 8.42 Å². The van der Waals surface area contributed by atoms with E-state index in [1.807, 2.05) is 48.5 Å². The molecule has 0 aliphatic carbocycles. The van der Waals surface area contributed by atoms with Gasteiger partial charge in [-0.3, -0.25) is 19.4 Å². The molecule has 25 nitrogen and oxygen atoms in total. The van der Waals surface area contributed by atoms with Crippen molar-refractivity contribution in [2.45, 2.75) is 30.8 Å². The van der Waals surface area contributed by atoms with Crippen molar-refractivity contribution >= 4 is 50.9 Å². The average molecular weight is 1030 g/mol. The fourth-order valence-electron chi connectivity index (χ4n) is 7.71. The van der Waals surface area contributed by atoms with Crippen LogP contribution in [0.2, 0.25) is 0 Å². The first kappa shape index (κ1) is 52.6. The van der Waals surface area contributed by atoms with Crippen LogP contribution >= 0.6 is 0 Å². The first-order chi connectivity index (χ1) is 35.9. The quantitative estimate of drug-likeness (QED) is 0.0770. The lowest BCUT2D eigenvalue weighted by atomic mass is 10.0. The largest absolute Gasteiger partial charge is 0.461 e. The van der Waals surface area contributed by atoms with Gasteiger partial charge in [-0.2, -0.15) is 38.9 Å². The Bertz CT molecular complexity index is 3170. The van der Waals surface area contributed by atoms with Gasteiger partial charge in [-0.05, 0) is 79.9 Å². The molecule has 2 aliphatic rings. The third-order valence-electron chi connectivity index (χ3n) is 11.7. The van der Waals surface area contributed by atoms with Gasteiger partial charge in [0.05, 0.1) is 39.0 Å². The number of ether oxygens (including phenoxy) is 2. The third kappa shape index (κ3) is 14.5. The number of anilines is 3. The zero-order valence-electron chi connectivity index (χ0n) is 40.9. The van der Waals surface area contributed by atoms with E-state index >= 15 is 0 Å². The summed E-state index contributed by atoms with van der Waals surface area (Å²) in [5.74, 6) is 2.54. The lowest BCUT2D eigenvalue weighted by molar-refractivity contribution is 0.0371. The zero-order chi connectivity index (χ0) is 51.9. The van der Waals surface area contributed by atoms with Crippen LogP contribution in [0.1, 0.15) is 44.7 Å². The highest BCUT2D eigenvalue weighted by molar-refractivity contribution is 7.90. The highest BCUT2D eigenvalue weighted by Gasteiger charge is 2.19. The highest BCUT2D eigenvalue weighted by Crippen LogP contribution is 2.20. The van der Waals surface area contributed by atoms with E-state index in [1.165, 1.54) is 16.3 Å². The molecule has 2 saturated heterocycles. The first-order valence-electron chi connectivity index (χ1n) is 24.0. The molecular formula is C48H59N17O8S. The molecule has 8 aromatic rings. The number of aromatic nitrogens is 10. The number of amides is 1. The maximum absolute atomic E-state index is 12.4. The number of ketones is 1. The number of furan rings is 2. The molecule has 1 amide bonds. The second-order valence-electron chi connectivity index (χ2n) is 17.1. The van der Waals surface area contributed by atoms with Gasteiger partial charge in [0.25, 0.3) is 22.6 Å². The minimum atomic E-state index is -3.57. The molecule has 0 radical (unpaired) electrons. The van der Waals surface area contributed by atoms with Gasteiger partial charge < -0.3 is 46.1 Å². The maximum Gasteiger partial charge on any atom is 0.259 e. The van der Waals surface area contributed by atoms with Gasteiger partial charge in [0.1, 0.15) is 0 Å². The van der Waals surface area contributed by atoms with Gasteiger partial charge in [-0.1, -0.05) is 36.4 Å². The summed E-state index contributed by atoms with van der Waals surface area (Å²) in [7, 11) is -3.57. The minimum absolute atomic E-state index is 0.0410. The van der Waals surface area contributed by atoms with Crippen molar-refractivity contribution in [2.75, 3.05) is 108 Å². The second kappa shape index (κ2) is 25.3. The molecule has 0 unspecified atom stereocenters. The van der Waals surface area contributed by atoms with E-state index in [-0.39, 0.29) is 35.2 Å². The minimum Gasteiger partial charge on any atom is -0.461 e. The zero-order valence-corrected chi connectivity index (χ0v) is 41.7. The number of benzene rings is 2. The molecule has 74 heavy (non-hydrogen) atoms. The number of carbonyl (C=O) groups is 2. The van der Waals surface area contributed by atoms with Crippen LogP contribution < -0.4 is 27.8 Å². The topological polar surface area (TPSA) is 334 Å². The van der Waals surface area contributed by atoms with E-state index in [0.717, 1.165) is 107 Å². The summed E-state index contributed by atoms with van der Waals surface area (Å²) >= 11 is 0. The number of rotatable bonds is 18. The van der Waals surface area contributed by atoms with Crippen LogP contribution in [0.3, 0.4) is 0 Å². The summed E-state index contributed by atoms with van der Waals surface area (Å²) in [5.41, 5.74) is 20.9. The molecule has 2 fully saturated rings. The number of hydrogen-bond acceptors (Lipinski definition) is 22. The van der Waals surface area contributed by atoms with Gasteiger partial charge in [0.15, 0.2) is 17.3 Å². The SMILES string of the molecule is CS(=O)(=O)c1nc(N)n2nc(-c3ccco3)nc2n1.NCCc1ccc(C(=O)CCCN2CCOCC2)cc1.Nc1nc(NCCc2ccc(C(=O)NCCN3CCOCC3)cc2)nc2nc(-c3ccco3)nn12. The number of nitrogens with zero attached hydrogens (tertiary/aromatic N) is 12. The first-order valence-corrected chi connectivity index (χ1v) is 25.9. The number of morpholine rings is 2. The normalized spacial score (nSPS) is 14.2. The fraction of sp³-hybridized carbons (Fsp3) is 0.375. The predicted octanol–water partition coefficient (Wildman–Crippen LogP) is 2.33. The van der Waals surface area contributed by atoms with Crippen molar-refractivity contribution in [3.63, 3.8) is 0 Å². The molecule has 0 bridgehead atoms. The van der Waals surface area contributed by atoms with Crippen molar-refractivity contribution in [3.8, 4) is 23.2 Å². The van der Waals surface area contributed by atoms with E-state index in [1.54, 1.807) is 30.5 Å². The third-order valence-corrected chi connectivity index (χ3v) is 12.5. The number of hydrogen-bond donors (Lipinski definition) is 5. The Morgan fingerprint density at radius 2 is 1.19 bits per heavy atom. The van der Waals surface area contributed by atoms with Crippen molar-refractivity contribution in [1.29, 1.82) is 0 Å². The number of carbonyl (C=O) groups excluding carboxylic acids is 2. The van der Waals surface area contributed by atoms with E-state index in [9.17, 15) is 18.0 Å². The van der Waals surface area contributed by atoms with Crippen molar-refractivity contribution in [2.24, 2.45) is 5.73 Å². The van der Waals surface area contributed by atoms with E-state index in [2.05, 4.69) is 60.5 Å². The molecule has 26 heteroatoms. The monoisotopic (exact) mass is 1030 g/mol. The summed E-state index contributed by atoms with van der Waals surface area (Å²) in [5, 5.41) is 14.1. The van der Waals surface area contributed by atoms with Crippen LogP contribution in [0.4, 0.5) is 17.8 Å². The van der Waals surface area contributed by atoms with Crippen LogP contribution in [-0.2, 0) is 32.2 Å². The van der Waals surface area contributed by atoms with Gasteiger partial charge in [0.2, 0.25) is 39.3 Å². The lowest BCUT2D eigenvalue weighted by Gasteiger charge is -2.26. The number of nitrogens with one attached hydrogen (secondary N) is 2. The van der Waals surface area contributed by atoms with E-state index in [0.29, 0.717) is 60.7 Å². The second-order valence-corrected chi connectivity index (χ2v) is 19.0. The van der Waals surface area contributed by atoms with Gasteiger partial charge >= 0.3 is 0 Å². The van der Waals surface area contributed by atoms with Crippen LogP contribution in [0.25, 0.3) is 34.7 Å². The molecule has 8 heterocycles. The molecule has 2 aliphatic heterocycles. The maximum atomic E-state index is 12.4. The molecule has 8 N–H and O–H groups in total. The smallest absolute Gasteiger partial charge is 0.259 e. The molecular weight excluding hydrogens is 975 g/mol. The molecule has 2 aromatic carbocycles. The molecule has 10 rings (SSSR count).